The van der Waals surface area contributed by atoms with Crippen LogP contribution in [0.1, 0.15) is 35.1 Å². The Morgan fingerprint density at radius 1 is 1.12 bits per heavy atom. The summed E-state index contributed by atoms with van der Waals surface area (Å²) < 4.78 is 18.3. The van der Waals surface area contributed by atoms with E-state index in [1.165, 1.54) is 11.6 Å². The van der Waals surface area contributed by atoms with Crippen LogP contribution < -0.4 is 19.9 Å². The molecular weight excluding hydrogens is 484 g/mol. The van der Waals surface area contributed by atoms with Crippen LogP contribution in [0.3, 0.4) is 0 Å². The van der Waals surface area contributed by atoms with E-state index in [0.717, 1.165) is 16.7 Å². The second-order valence-electron chi connectivity index (χ2n) is 7.68. The van der Waals surface area contributed by atoms with E-state index in [9.17, 15) is 10.4 Å². The first kappa shape index (κ1) is 22.6. The number of nitrogens with zero attached hydrogens (tertiary/aromatic N) is 1. The van der Waals surface area contributed by atoms with Crippen LogP contribution in [0.25, 0.3) is 0 Å². The van der Waals surface area contributed by atoms with Crippen LogP contribution in [0.5, 0.6) is 23.0 Å². The number of nitriles is 1. The van der Waals surface area contributed by atoms with Crippen molar-refractivity contribution in [2.24, 2.45) is 5.73 Å². The molecule has 0 aromatic heterocycles. The number of ether oxygens (including phenoxy) is 3. The minimum atomic E-state index is -0.485. The smallest absolute Gasteiger partial charge is 0.205 e. The lowest BCUT2D eigenvalue weighted by atomic mass is 9.83. The van der Waals surface area contributed by atoms with Crippen molar-refractivity contribution in [1.82, 2.24) is 0 Å². The number of phenols is 1. The zero-order chi connectivity index (χ0) is 23.5. The lowest BCUT2D eigenvalue weighted by molar-refractivity contribution is 0.267. The van der Waals surface area contributed by atoms with Gasteiger partial charge in [0.15, 0.2) is 11.5 Å². The zero-order valence-electron chi connectivity index (χ0n) is 18.3. The molecule has 4 rings (SSSR count). The minimum absolute atomic E-state index is 0.00869. The number of hydrogen-bond acceptors (Lipinski definition) is 6. The maximum absolute atomic E-state index is 9.87. The number of benzene rings is 3. The van der Waals surface area contributed by atoms with Crippen molar-refractivity contribution < 1.29 is 19.3 Å². The van der Waals surface area contributed by atoms with Gasteiger partial charge >= 0.3 is 0 Å². The number of aromatic hydroxyl groups is 1. The summed E-state index contributed by atoms with van der Waals surface area (Å²) in [6.45, 7) is 4.77. The van der Waals surface area contributed by atoms with E-state index in [1.54, 1.807) is 12.1 Å². The monoisotopic (exact) mass is 506 g/mol. The van der Waals surface area contributed by atoms with Gasteiger partial charge in [-0.25, -0.2) is 0 Å². The second-order valence-corrected chi connectivity index (χ2v) is 8.54. The number of rotatable bonds is 6. The summed E-state index contributed by atoms with van der Waals surface area (Å²) in [4.78, 5) is 0. The number of nitrogens with two attached hydrogens (primary N) is 1. The molecule has 0 aliphatic carbocycles. The van der Waals surface area contributed by atoms with Crippen LogP contribution in [0.15, 0.2) is 70.5 Å². The number of phenolic OH excluding ortho intramolecular Hbond substituents is 1. The molecule has 33 heavy (non-hydrogen) atoms. The third-order valence-corrected chi connectivity index (χ3v) is 5.96. The van der Waals surface area contributed by atoms with E-state index in [4.69, 9.17) is 19.9 Å². The van der Waals surface area contributed by atoms with E-state index >= 15 is 0 Å². The van der Waals surface area contributed by atoms with Crippen LogP contribution in [0.2, 0.25) is 0 Å². The molecule has 0 bridgehead atoms. The molecule has 3 aromatic rings. The molecule has 1 atom stereocenters. The van der Waals surface area contributed by atoms with Gasteiger partial charge in [0.05, 0.1) is 17.0 Å². The molecule has 168 valence electrons. The summed E-state index contributed by atoms with van der Waals surface area (Å²) in [6, 6.07) is 18.8. The van der Waals surface area contributed by atoms with Gasteiger partial charge in [-0.1, -0.05) is 35.9 Å². The topological polar surface area (TPSA) is 97.7 Å². The minimum Gasteiger partial charge on any atom is -0.508 e. The SMILES string of the molecule is CCOc1cc([C@H]2C(C#N)=C(N)Oc3cc(O)ccc32)cc(Br)c1OCc1ccc(C)cc1. The molecule has 0 saturated heterocycles. The van der Waals surface area contributed by atoms with Gasteiger partial charge < -0.3 is 25.1 Å². The average Bonchev–Trinajstić information content (AvgIpc) is 2.78. The van der Waals surface area contributed by atoms with Crippen molar-refractivity contribution in [3.8, 4) is 29.1 Å². The largest absolute Gasteiger partial charge is 0.508 e. The number of aryl methyl sites for hydroxylation is 1. The normalized spacial score (nSPS) is 14.8. The van der Waals surface area contributed by atoms with Gasteiger partial charge in [0.25, 0.3) is 0 Å². The maximum atomic E-state index is 9.87. The highest BCUT2D eigenvalue weighted by Crippen LogP contribution is 2.47. The summed E-state index contributed by atoms with van der Waals surface area (Å²) in [7, 11) is 0. The Morgan fingerprint density at radius 3 is 2.58 bits per heavy atom. The maximum Gasteiger partial charge on any atom is 0.205 e. The predicted molar refractivity (Wildman–Crippen MR) is 128 cm³/mol. The number of hydrogen-bond donors (Lipinski definition) is 2. The van der Waals surface area contributed by atoms with Crippen molar-refractivity contribution in [3.63, 3.8) is 0 Å². The van der Waals surface area contributed by atoms with E-state index in [2.05, 4.69) is 22.0 Å². The Hall–Kier alpha value is -3.63. The molecule has 3 aromatic carbocycles. The fourth-order valence-electron chi connectivity index (χ4n) is 3.78. The second kappa shape index (κ2) is 9.47. The number of halogens is 1. The molecule has 1 heterocycles. The lowest BCUT2D eigenvalue weighted by Crippen LogP contribution is -2.21. The zero-order valence-corrected chi connectivity index (χ0v) is 19.8. The van der Waals surface area contributed by atoms with Crippen LogP contribution in [0, 0.1) is 18.3 Å². The third kappa shape index (κ3) is 4.62. The van der Waals surface area contributed by atoms with E-state index in [-0.39, 0.29) is 17.2 Å². The third-order valence-electron chi connectivity index (χ3n) is 5.37. The van der Waals surface area contributed by atoms with Crippen molar-refractivity contribution in [2.45, 2.75) is 26.4 Å². The number of fused-ring (bicyclic) bond motifs is 1. The summed E-state index contributed by atoms with van der Waals surface area (Å²) in [5.41, 5.74) is 10.1. The lowest BCUT2D eigenvalue weighted by Gasteiger charge is -2.27. The van der Waals surface area contributed by atoms with Crippen molar-refractivity contribution in [1.29, 1.82) is 5.26 Å². The van der Waals surface area contributed by atoms with E-state index < -0.39 is 5.92 Å². The van der Waals surface area contributed by atoms with Crippen LogP contribution >= 0.6 is 15.9 Å². The fraction of sp³-hybridized carbons (Fsp3) is 0.192. The summed E-state index contributed by atoms with van der Waals surface area (Å²) in [5.74, 6) is 1.11. The molecule has 6 nitrogen and oxygen atoms in total. The molecule has 1 aliphatic heterocycles. The van der Waals surface area contributed by atoms with Gasteiger partial charge in [-0.15, -0.1) is 0 Å². The molecule has 0 amide bonds. The highest BCUT2D eigenvalue weighted by atomic mass is 79.9. The highest BCUT2D eigenvalue weighted by Gasteiger charge is 2.32. The Balaban J connectivity index is 1.75. The van der Waals surface area contributed by atoms with Crippen LogP contribution in [-0.2, 0) is 6.61 Å². The summed E-state index contributed by atoms with van der Waals surface area (Å²) >= 11 is 3.62. The molecule has 0 fully saturated rings. The Labute approximate surface area is 201 Å². The molecule has 0 spiro atoms. The van der Waals surface area contributed by atoms with Gasteiger partial charge in [0.1, 0.15) is 29.7 Å². The van der Waals surface area contributed by atoms with Gasteiger partial charge in [-0.3, -0.25) is 0 Å². The summed E-state index contributed by atoms with van der Waals surface area (Å²) in [5, 5.41) is 19.7. The van der Waals surface area contributed by atoms with Crippen LogP contribution in [-0.4, -0.2) is 11.7 Å². The molecule has 0 saturated carbocycles. The first-order valence-corrected chi connectivity index (χ1v) is 11.3. The Morgan fingerprint density at radius 2 is 1.88 bits per heavy atom. The van der Waals surface area contributed by atoms with Gasteiger partial charge in [-0.05, 0) is 59.1 Å². The average molecular weight is 507 g/mol. The van der Waals surface area contributed by atoms with E-state index in [0.29, 0.717) is 34.9 Å². The first-order chi connectivity index (χ1) is 15.9. The van der Waals surface area contributed by atoms with Crippen molar-refractivity contribution >= 4 is 15.9 Å². The highest BCUT2D eigenvalue weighted by molar-refractivity contribution is 9.10. The predicted octanol–water partition coefficient (Wildman–Crippen LogP) is 5.66. The van der Waals surface area contributed by atoms with Gasteiger partial charge in [0.2, 0.25) is 5.88 Å². The first-order valence-electron chi connectivity index (χ1n) is 10.5. The molecule has 1 aliphatic rings. The Kier molecular flexibility index (Phi) is 6.47. The molecule has 0 unspecified atom stereocenters. The van der Waals surface area contributed by atoms with Crippen LogP contribution in [0.4, 0.5) is 0 Å². The van der Waals surface area contributed by atoms with Gasteiger partial charge in [-0.2, -0.15) is 5.26 Å². The van der Waals surface area contributed by atoms with Gasteiger partial charge in [0, 0.05) is 11.6 Å². The van der Waals surface area contributed by atoms with Crippen molar-refractivity contribution in [3.05, 3.63) is 92.8 Å². The standard InChI is InChI=1S/C26H23BrN2O4/c1-3-31-23-11-17(10-21(27)25(23)32-14-16-6-4-15(2)5-7-16)24-19-9-8-18(30)12-22(19)33-26(29)20(24)13-28/h4-12,24,30H,3,14,29H2,1-2H3/t24-/m1/s1. The molecule has 7 heteroatoms. The summed E-state index contributed by atoms with van der Waals surface area (Å²) in [6.07, 6.45) is 0. The molecular formula is C26H23BrN2O4. The Bertz CT molecular complexity index is 1260. The number of allylic oxidation sites excluding steroid dienone is 1. The fourth-order valence-corrected chi connectivity index (χ4v) is 4.36. The van der Waals surface area contributed by atoms with E-state index in [1.807, 2.05) is 50.2 Å². The quantitative estimate of drug-likeness (QED) is 0.447. The molecule has 3 N–H and O–H groups in total. The van der Waals surface area contributed by atoms with Crippen molar-refractivity contribution in [2.75, 3.05) is 6.61 Å². The molecule has 0 radical (unpaired) electrons.